The molecule has 1 aliphatic rings. The average molecular weight is 377 g/mol. The van der Waals surface area contributed by atoms with Crippen molar-refractivity contribution in [2.24, 2.45) is 0 Å². The second-order valence-electron chi connectivity index (χ2n) is 4.91. The maximum absolute atomic E-state index is 12.3. The van der Waals surface area contributed by atoms with E-state index in [2.05, 4.69) is 26.0 Å². The van der Waals surface area contributed by atoms with Gasteiger partial charge in [-0.15, -0.1) is 0 Å². The molecule has 8 heteroatoms. The lowest BCUT2D eigenvalue weighted by atomic mass is 10.2. The summed E-state index contributed by atoms with van der Waals surface area (Å²) in [5.41, 5.74) is 1.30. The van der Waals surface area contributed by atoms with E-state index < -0.39 is 16.1 Å². The number of aliphatic hydroxyl groups is 1. The second kappa shape index (κ2) is 6.43. The van der Waals surface area contributed by atoms with Gasteiger partial charge in [0.2, 0.25) is 15.9 Å². The van der Waals surface area contributed by atoms with Gasteiger partial charge in [-0.3, -0.25) is 4.79 Å². The molecule has 1 atom stereocenters. The van der Waals surface area contributed by atoms with Crippen molar-refractivity contribution in [3.05, 3.63) is 22.2 Å². The Morgan fingerprint density at radius 2 is 2.19 bits per heavy atom. The second-order valence-corrected chi connectivity index (χ2v) is 7.50. The van der Waals surface area contributed by atoms with E-state index in [1.54, 1.807) is 6.07 Å². The molecule has 0 radical (unpaired) electrons. The first-order chi connectivity index (χ1) is 9.83. The van der Waals surface area contributed by atoms with Gasteiger partial charge in [0, 0.05) is 16.7 Å². The minimum Gasteiger partial charge on any atom is -0.393 e. The van der Waals surface area contributed by atoms with Crippen molar-refractivity contribution in [2.45, 2.75) is 37.2 Å². The van der Waals surface area contributed by atoms with Crippen LogP contribution in [-0.2, 0) is 21.2 Å². The summed E-state index contributed by atoms with van der Waals surface area (Å²) in [6.45, 7) is 2.00. The van der Waals surface area contributed by atoms with E-state index in [4.69, 9.17) is 0 Å². The standard InChI is InChI=1S/C13H17BrN2O4S/c1-2-9(17)3-4-15-21(19,20)12-5-8-6-13(18)16-11(8)7-10(12)14/h5,7,9,15,17H,2-4,6H2,1H3,(H,16,18). The summed E-state index contributed by atoms with van der Waals surface area (Å²) >= 11 is 3.22. The van der Waals surface area contributed by atoms with Crippen LogP contribution < -0.4 is 10.0 Å². The first-order valence-corrected chi connectivity index (χ1v) is 8.91. The third-order valence-electron chi connectivity index (χ3n) is 3.31. The number of rotatable bonds is 6. The maximum atomic E-state index is 12.3. The minimum absolute atomic E-state index is 0.101. The van der Waals surface area contributed by atoms with Crippen molar-refractivity contribution < 1.29 is 18.3 Å². The van der Waals surface area contributed by atoms with Crippen LogP contribution in [0.3, 0.4) is 0 Å². The Morgan fingerprint density at radius 3 is 2.86 bits per heavy atom. The minimum atomic E-state index is -3.68. The molecule has 0 saturated carbocycles. The fraction of sp³-hybridized carbons (Fsp3) is 0.462. The lowest BCUT2D eigenvalue weighted by molar-refractivity contribution is -0.115. The Hall–Kier alpha value is -0.960. The molecule has 1 heterocycles. The summed E-state index contributed by atoms with van der Waals surface area (Å²) in [6, 6.07) is 3.09. The molecule has 0 spiro atoms. The first kappa shape index (κ1) is 16.4. The molecule has 3 N–H and O–H groups in total. The molecule has 1 aromatic carbocycles. The quantitative estimate of drug-likeness (QED) is 0.698. The van der Waals surface area contributed by atoms with Gasteiger partial charge in [0.15, 0.2) is 0 Å². The molecule has 1 aromatic rings. The van der Waals surface area contributed by atoms with Crippen molar-refractivity contribution in [2.75, 3.05) is 11.9 Å². The highest BCUT2D eigenvalue weighted by molar-refractivity contribution is 9.10. The number of benzene rings is 1. The van der Waals surface area contributed by atoms with E-state index in [0.29, 0.717) is 28.6 Å². The van der Waals surface area contributed by atoms with Gasteiger partial charge in [-0.05, 0) is 46.5 Å². The van der Waals surface area contributed by atoms with E-state index >= 15 is 0 Å². The monoisotopic (exact) mass is 376 g/mol. The Labute approximate surface area is 132 Å². The van der Waals surface area contributed by atoms with Crippen LogP contribution in [0.4, 0.5) is 5.69 Å². The Morgan fingerprint density at radius 1 is 1.48 bits per heavy atom. The molecular weight excluding hydrogens is 360 g/mol. The number of amides is 1. The molecule has 1 unspecified atom stereocenters. The molecule has 116 valence electrons. The van der Waals surface area contributed by atoms with Crippen molar-refractivity contribution in [3.63, 3.8) is 0 Å². The van der Waals surface area contributed by atoms with Crippen molar-refractivity contribution in [3.8, 4) is 0 Å². The van der Waals surface area contributed by atoms with Gasteiger partial charge in [-0.25, -0.2) is 13.1 Å². The summed E-state index contributed by atoms with van der Waals surface area (Å²) in [6.07, 6.45) is 0.605. The number of carbonyl (C=O) groups excluding carboxylic acids is 1. The van der Waals surface area contributed by atoms with E-state index in [1.165, 1.54) is 6.07 Å². The number of fused-ring (bicyclic) bond motifs is 1. The average Bonchev–Trinajstić information content (AvgIpc) is 2.76. The van der Waals surface area contributed by atoms with Crippen LogP contribution in [0.15, 0.2) is 21.5 Å². The van der Waals surface area contributed by atoms with Gasteiger partial charge < -0.3 is 10.4 Å². The molecule has 0 saturated heterocycles. The lowest BCUT2D eigenvalue weighted by Gasteiger charge is -2.12. The third kappa shape index (κ3) is 3.82. The highest BCUT2D eigenvalue weighted by Crippen LogP contribution is 2.32. The van der Waals surface area contributed by atoms with Gasteiger partial charge in [0.25, 0.3) is 0 Å². The molecule has 1 amide bonds. The number of halogens is 1. The molecule has 0 aromatic heterocycles. The summed E-state index contributed by atoms with van der Waals surface area (Å²) in [4.78, 5) is 11.4. The molecule has 21 heavy (non-hydrogen) atoms. The Balaban J connectivity index is 2.17. The van der Waals surface area contributed by atoms with Gasteiger partial charge in [-0.2, -0.15) is 0 Å². The zero-order valence-corrected chi connectivity index (χ0v) is 13.9. The van der Waals surface area contributed by atoms with Crippen LogP contribution in [0, 0.1) is 0 Å². The van der Waals surface area contributed by atoms with Crippen LogP contribution in [0.25, 0.3) is 0 Å². The number of carbonyl (C=O) groups is 1. The number of nitrogens with one attached hydrogen (secondary N) is 2. The van der Waals surface area contributed by atoms with Gasteiger partial charge >= 0.3 is 0 Å². The highest BCUT2D eigenvalue weighted by atomic mass is 79.9. The summed E-state index contributed by atoms with van der Waals surface area (Å²) < 4.78 is 27.4. The van der Waals surface area contributed by atoms with Crippen molar-refractivity contribution in [1.82, 2.24) is 4.72 Å². The summed E-state index contributed by atoms with van der Waals surface area (Å²) in [7, 11) is -3.68. The zero-order valence-electron chi connectivity index (χ0n) is 11.5. The van der Waals surface area contributed by atoms with Gasteiger partial charge in [0.1, 0.15) is 0 Å². The number of hydrogen-bond donors (Lipinski definition) is 3. The summed E-state index contributed by atoms with van der Waals surface area (Å²) in [5.74, 6) is -0.148. The topological polar surface area (TPSA) is 95.5 Å². The predicted molar refractivity (Wildman–Crippen MR) is 82.6 cm³/mol. The number of anilines is 1. The normalized spacial score (nSPS) is 15.7. The van der Waals surface area contributed by atoms with Gasteiger partial charge in [-0.1, -0.05) is 6.92 Å². The number of aliphatic hydroxyl groups excluding tert-OH is 1. The lowest BCUT2D eigenvalue weighted by Crippen LogP contribution is -2.27. The number of sulfonamides is 1. The maximum Gasteiger partial charge on any atom is 0.241 e. The molecule has 6 nitrogen and oxygen atoms in total. The van der Waals surface area contributed by atoms with Crippen LogP contribution in [-0.4, -0.2) is 32.1 Å². The zero-order chi connectivity index (χ0) is 15.6. The fourth-order valence-electron chi connectivity index (χ4n) is 2.07. The molecule has 0 fully saturated rings. The fourth-order valence-corrected chi connectivity index (χ4v) is 4.21. The Bertz CT molecular complexity index is 660. The molecule has 1 aliphatic heterocycles. The first-order valence-electron chi connectivity index (χ1n) is 6.63. The molecule has 2 rings (SSSR count). The molecular formula is C13H17BrN2O4S. The third-order valence-corrected chi connectivity index (χ3v) is 5.73. The number of hydrogen-bond acceptors (Lipinski definition) is 4. The van der Waals surface area contributed by atoms with Crippen LogP contribution in [0.5, 0.6) is 0 Å². The van der Waals surface area contributed by atoms with E-state index in [1.807, 2.05) is 6.92 Å². The summed E-state index contributed by atoms with van der Waals surface area (Å²) in [5, 5.41) is 12.1. The molecule has 0 aliphatic carbocycles. The van der Waals surface area contributed by atoms with Crippen molar-refractivity contribution >= 4 is 37.5 Å². The SMILES string of the molecule is CCC(O)CCNS(=O)(=O)c1cc2c(cc1Br)NC(=O)C2. The van der Waals surface area contributed by atoms with Gasteiger partial charge in [0.05, 0.1) is 17.4 Å². The van der Waals surface area contributed by atoms with Crippen LogP contribution in [0.1, 0.15) is 25.3 Å². The highest BCUT2D eigenvalue weighted by Gasteiger charge is 2.24. The smallest absolute Gasteiger partial charge is 0.241 e. The van der Waals surface area contributed by atoms with E-state index in [0.717, 1.165) is 0 Å². The van der Waals surface area contributed by atoms with Crippen LogP contribution >= 0.6 is 15.9 Å². The van der Waals surface area contributed by atoms with E-state index in [-0.39, 0.29) is 23.8 Å². The Kier molecular flexibility index (Phi) is 5.03. The van der Waals surface area contributed by atoms with Crippen molar-refractivity contribution in [1.29, 1.82) is 0 Å². The van der Waals surface area contributed by atoms with Crippen LogP contribution in [0.2, 0.25) is 0 Å². The predicted octanol–water partition coefficient (Wildman–Crippen LogP) is 1.38. The molecule has 0 bridgehead atoms. The van der Waals surface area contributed by atoms with E-state index in [9.17, 15) is 18.3 Å². The largest absolute Gasteiger partial charge is 0.393 e.